The maximum atomic E-state index is 12.0. The van der Waals surface area contributed by atoms with Crippen molar-refractivity contribution in [2.45, 2.75) is 20.3 Å². The van der Waals surface area contributed by atoms with Crippen molar-refractivity contribution in [3.05, 3.63) is 65.6 Å². The van der Waals surface area contributed by atoms with Crippen LogP contribution in [0.15, 0.2) is 60.0 Å². The first-order chi connectivity index (χ1) is 13.7. The van der Waals surface area contributed by atoms with E-state index >= 15 is 0 Å². The van der Waals surface area contributed by atoms with Crippen LogP contribution in [0.1, 0.15) is 25.8 Å². The number of carbonyl (C=O) groups is 2. The lowest BCUT2D eigenvalue weighted by molar-refractivity contribution is -0.119. The molecule has 7 nitrogen and oxygen atoms in total. The van der Waals surface area contributed by atoms with E-state index in [2.05, 4.69) is 15.4 Å². The van der Waals surface area contributed by atoms with Crippen LogP contribution >= 0.6 is 0 Å². The van der Waals surface area contributed by atoms with Crippen molar-refractivity contribution in [3.63, 3.8) is 0 Å². The lowest BCUT2D eigenvalue weighted by Gasteiger charge is -2.09. The molecule has 2 aromatic rings. The Morgan fingerprint density at radius 2 is 1.52 bits per heavy atom. The number of amides is 2. The molecule has 154 valence electrons. The number of sulfonamides is 1. The molecule has 0 aliphatic carbocycles. The average Bonchev–Trinajstić information content (AvgIpc) is 2.68. The summed E-state index contributed by atoms with van der Waals surface area (Å²) in [5.41, 5.74) is 1.97. The minimum Gasteiger partial charge on any atom is -0.326 e. The van der Waals surface area contributed by atoms with Crippen molar-refractivity contribution >= 4 is 39.3 Å². The molecule has 0 bridgehead atoms. The van der Waals surface area contributed by atoms with E-state index in [0.29, 0.717) is 11.4 Å². The van der Waals surface area contributed by atoms with E-state index < -0.39 is 10.0 Å². The molecule has 0 atom stereocenters. The summed E-state index contributed by atoms with van der Waals surface area (Å²) in [4.78, 5) is 23.7. The molecule has 0 aromatic heterocycles. The third kappa shape index (κ3) is 8.28. The van der Waals surface area contributed by atoms with Gasteiger partial charge in [-0.05, 0) is 35.9 Å². The Bertz CT molecular complexity index is 953. The van der Waals surface area contributed by atoms with Crippen molar-refractivity contribution < 1.29 is 18.0 Å². The summed E-state index contributed by atoms with van der Waals surface area (Å²) in [7, 11) is -3.62. The van der Waals surface area contributed by atoms with Gasteiger partial charge in [-0.25, -0.2) is 13.1 Å². The predicted molar refractivity (Wildman–Crippen MR) is 116 cm³/mol. The molecule has 0 aliphatic rings. The summed E-state index contributed by atoms with van der Waals surface area (Å²) in [6, 6.07) is 15.8. The highest BCUT2D eigenvalue weighted by Crippen LogP contribution is 2.14. The Morgan fingerprint density at radius 1 is 0.931 bits per heavy atom. The molecule has 0 aliphatic heterocycles. The third-order valence-electron chi connectivity index (χ3n) is 3.86. The molecule has 0 saturated carbocycles. The van der Waals surface area contributed by atoms with Gasteiger partial charge in [-0.2, -0.15) is 0 Å². The molecule has 3 N–H and O–H groups in total. The van der Waals surface area contributed by atoms with Gasteiger partial charge in [-0.1, -0.05) is 44.2 Å². The van der Waals surface area contributed by atoms with Gasteiger partial charge in [0.2, 0.25) is 21.8 Å². The van der Waals surface area contributed by atoms with Gasteiger partial charge in [0.25, 0.3) is 0 Å². The standard InChI is InChI=1S/C21H25N3O4S/c1-16(2)21(26)24-19-10-8-18(9-11-19)23-20(25)12-14-22-29(27,28)15-13-17-6-4-3-5-7-17/h3-11,13,15-16,22H,12,14H2,1-2H3,(H,23,25)(H,24,26). The predicted octanol–water partition coefficient (Wildman–Crippen LogP) is 3.20. The van der Waals surface area contributed by atoms with Crippen LogP contribution in [0.5, 0.6) is 0 Å². The monoisotopic (exact) mass is 415 g/mol. The summed E-state index contributed by atoms with van der Waals surface area (Å²) in [5.74, 6) is -0.533. The first kappa shape index (κ1) is 22.3. The molecule has 8 heteroatoms. The summed E-state index contributed by atoms with van der Waals surface area (Å²) in [5, 5.41) is 6.52. The normalized spacial score (nSPS) is 11.6. The summed E-state index contributed by atoms with van der Waals surface area (Å²) >= 11 is 0. The summed E-state index contributed by atoms with van der Waals surface area (Å²) in [6.45, 7) is 3.58. The van der Waals surface area contributed by atoms with Crippen LogP contribution in [-0.2, 0) is 19.6 Å². The van der Waals surface area contributed by atoms with E-state index in [1.54, 1.807) is 50.2 Å². The van der Waals surface area contributed by atoms with Crippen LogP contribution in [-0.4, -0.2) is 26.8 Å². The average molecular weight is 416 g/mol. The van der Waals surface area contributed by atoms with E-state index in [9.17, 15) is 18.0 Å². The number of nitrogens with one attached hydrogen (secondary N) is 3. The minimum atomic E-state index is -3.62. The van der Waals surface area contributed by atoms with E-state index in [1.165, 1.54) is 6.08 Å². The van der Waals surface area contributed by atoms with E-state index in [-0.39, 0.29) is 30.7 Å². The molecule has 0 unspecified atom stereocenters. The van der Waals surface area contributed by atoms with Gasteiger partial charge >= 0.3 is 0 Å². The lowest BCUT2D eigenvalue weighted by Crippen LogP contribution is -2.26. The van der Waals surface area contributed by atoms with E-state index in [4.69, 9.17) is 0 Å². The number of rotatable bonds is 9. The van der Waals surface area contributed by atoms with Crippen molar-refractivity contribution in [1.82, 2.24) is 4.72 Å². The molecule has 2 aromatic carbocycles. The van der Waals surface area contributed by atoms with Gasteiger partial charge in [0.1, 0.15) is 0 Å². The minimum absolute atomic E-state index is 0.00968. The molecule has 0 saturated heterocycles. The van der Waals surface area contributed by atoms with Gasteiger partial charge in [0.15, 0.2) is 0 Å². The van der Waals surface area contributed by atoms with Gasteiger partial charge in [-0.15, -0.1) is 0 Å². The second kappa shape index (κ2) is 10.5. The Kier molecular flexibility index (Phi) is 8.11. The van der Waals surface area contributed by atoms with Gasteiger partial charge in [0, 0.05) is 35.7 Å². The van der Waals surface area contributed by atoms with E-state index in [0.717, 1.165) is 11.0 Å². The van der Waals surface area contributed by atoms with Gasteiger partial charge < -0.3 is 10.6 Å². The van der Waals surface area contributed by atoms with Crippen LogP contribution < -0.4 is 15.4 Å². The Balaban J connectivity index is 1.78. The number of anilines is 2. The van der Waals surface area contributed by atoms with Gasteiger partial charge in [-0.3, -0.25) is 9.59 Å². The Hall–Kier alpha value is -2.97. The summed E-state index contributed by atoms with van der Waals surface area (Å²) in [6.07, 6.45) is 1.48. The largest absolute Gasteiger partial charge is 0.326 e. The number of hydrogen-bond acceptors (Lipinski definition) is 4. The van der Waals surface area contributed by atoms with Crippen molar-refractivity contribution in [2.24, 2.45) is 5.92 Å². The van der Waals surface area contributed by atoms with Crippen molar-refractivity contribution in [2.75, 3.05) is 17.2 Å². The zero-order chi connectivity index (χ0) is 21.3. The van der Waals surface area contributed by atoms with Crippen molar-refractivity contribution in [3.8, 4) is 0 Å². The fourth-order valence-electron chi connectivity index (χ4n) is 2.23. The molecule has 0 fully saturated rings. The maximum absolute atomic E-state index is 12.0. The number of benzene rings is 2. The summed E-state index contributed by atoms with van der Waals surface area (Å²) < 4.78 is 26.3. The highest BCUT2D eigenvalue weighted by Gasteiger charge is 2.09. The fourth-order valence-corrected chi connectivity index (χ4v) is 3.05. The van der Waals surface area contributed by atoms with Crippen LogP contribution in [0.3, 0.4) is 0 Å². The molecule has 2 amide bonds. The highest BCUT2D eigenvalue weighted by molar-refractivity contribution is 7.92. The topological polar surface area (TPSA) is 104 Å². The maximum Gasteiger partial charge on any atom is 0.233 e. The zero-order valence-electron chi connectivity index (χ0n) is 16.4. The van der Waals surface area contributed by atoms with E-state index in [1.807, 2.05) is 18.2 Å². The quantitative estimate of drug-likeness (QED) is 0.585. The smallest absolute Gasteiger partial charge is 0.233 e. The first-order valence-electron chi connectivity index (χ1n) is 9.19. The molecule has 2 rings (SSSR count). The van der Waals surface area contributed by atoms with Crippen LogP contribution in [0.4, 0.5) is 11.4 Å². The highest BCUT2D eigenvalue weighted by atomic mass is 32.2. The fraction of sp³-hybridized carbons (Fsp3) is 0.238. The van der Waals surface area contributed by atoms with Gasteiger partial charge in [0.05, 0.1) is 0 Å². The Labute approximate surface area is 171 Å². The second-order valence-corrected chi connectivity index (χ2v) is 8.32. The second-order valence-electron chi connectivity index (χ2n) is 6.67. The molecular formula is C21H25N3O4S. The molecule has 29 heavy (non-hydrogen) atoms. The Morgan fingerprint density at radius 3 is 2.10 bits per heavy atom. The van der Waals surface area contributed by atoms with Crippen LogP contribution in [0.2, 0.25) is 0 Å². The SMILES string of the molecule is CC(C)C(=O)Nc1ccc(NC(=O)CCNS(=O)(=O)C=Cc2ccccc2)cc1. The van der Waals surface area contributed by atoms with Crippen LogP contribution in [0, 0.1) is 5.92 Å². The molecular weight excluding hydrogens is 390 g/mol. The number of hydrogen-bond donors (Lipinski definition) is 3. The lowest BCUT2D eigenvalue weighted by atomic mass is 10.2. The third-order valence-corrected chi connectivity index (χ3v) is 4.96. The first-order valence-corrected chi connectivity index (χ1v) is 10.7. The van der Waals surface area contributed by atoms with Crippen molar-refractivity contribution in [1.29, 1.82) is 0 Å². The van der Waals surface area contributed by atoms with Crippen LogP contribution in [0.25, 0.3) is 6.08 Å². The molecule has 0 radical (unpaired) electrons. The molecule has 0 heterocycles. The molecule has 0 spiro atoms. The zero-order valence-corrected chi connectivity index (χ0v) is 17.2. The number of carbonyl (C=O) groups excluding carboxylic acids is 2.